The van der Waals surface area contributed by atoms with Gasteiger partial charge in [-0.2, -0.15) is 5.10 Å². The molecule has 1 aromatic carbocycles. The standard InChI is InChI=1S/C22H31F2N3O2/c1-17-15-19(27(2)26-17)22(28)25-16-18-11-10-12-20(21(18)24)29-14-9-7-5-3-4-6-8-13-23/h10-12,15H,3-9,13-14,16H2,1-2H3,(H,25,28). The average molecular weight is 408 g/mol. The molecule has 0 bridgehead atoms. The first kappa shape index (κ1) is 22.8. The molecule has 1 aromatic heterocycles. The summed E-state index contributed by atoms with van der Waals surface area (Å²) in [6.45, 7) is 2.10. The Hall–Kier alpha value is -2.44. The zero-order valence-corrected chi connectivity index (χ0v) is 17.3. The Kier molecular flexibility index (Phi) is 9.60. The van der Waals surface area contributed by atoms with E-state index in [1.54, 1.807) is 31.3 Å². The third-order valence-corrected chi connectivity index (χ3v) is 4.75. The normalized spacial score (nSPS) is 10.9. The van der Waals surface area contributed by atoms with Crippen molar-refractivity contribution < 1.29 is 18.3 Å². The molecular formula is C22H31F2N3O2. The SMILES string of the molecule is Cc1cc(C(=O)NCc2cccc(OCCCCCCCCCF)c2F)n(C)n1. The van der Waals surface area contributed by atoms with Crippen molar-refractivity contribution in [3.8, 4) is 5.75 Å². The van der Waals surface area contributed by atoms with E-state index in [-0.39, 0.29) is 24.9 Å². The van der Waals surface area contributed by atoms with Crippen LogP contribution < -0.4 is 10.1 Å². The Morgan fingerprint density at radius 2 is 1.83 bits per heavy atom. The lowest BCUT2D eigenvalue weighted by molar-refractivity contribution is 0.0941. The van der Waals surface area contributed by atoms with E-state index in [2.05, 4.69) is 10.4 Å². The van der Waals surface area contributed by atoms with Crippen molar-refractivity contribution in [3.63, 3.8) is 0 Å². The van der Waals surface area contributed by atoms with Gasteiger partial charge in [-0.3, -0.25) is 13.9 Å². The summed E-state index contributed by atoms with van der Waals surface area (Å²) < 4.78 is 33.7. The van der Waals surface area contributed by atoms with Crippen molar-refractivity contribution in [2.24, 2.45) is 7.05 Å². The highest BCUT2D eigenvalue weighted by atomic mass is 19.1. The second kappa shape index (κ2) is 12.2. The number of unbranched alkanes of at least 4 members (excludes halogenated alkanes) is 6. The highest BCUT2D eigenvalue weighted by Crippen LogP contribution is 2.21. The molecule has 2 rings (SSSR count). The van der Waals surface area contributed by atoms with Gasteiger partial charge in [0.05, 0.1) is 19.0 Å². The Balaban J connectivity index is 1.74. The van der Waals surface area contributed by atoms with Crippen LogP contribution in [-0.2, 0) is 13.6 Å². The van der Waals surface area contributed by atoms with Crippen molar-refractivity contribution >= 4 is 5.91 Å². The Morgan fingerprint density at radius 3 is 2.48 bits per heavy atom. The van der Waals surface area contributed by atoms with Gasteiger partial charge in [0, 0.05) is 19.2 Å². The number of benzene rings is 1. The number of hydrogen-bond acceptors (Lipinski definition) is 3. The second-order valence-corrected chi connectivity index (χ2v) is 7.22. The van der Waals surface area contributed by atoms with Crippen LogP contribution in [0, 0.1) is 12.7 Å². The summed E-state index contributed by atoms with van der Waals surface area (Å²) in [4.78, 5) is 12.3. The molecule has 7 heteroatoms. The highest BCUT2D eigenvalue weighted by Gasteiger charge is 2.14. The molecular weight excluding hydrogens is 376 g/mol. The molecule has 29 heavy (non-hydrogen) atoms. The minimum Gasteiger partial charge on any atom is -0.491 e. The van der Waals surface area contributed by atoms with Crippen LogP contribution in [0.1, 0.15) is 66.7 Å². The minimum absolute atomic E-state index is 0.0744. The van der Waals surface area contributed by atoms with Crippen LogP contribution >= 0.6 is 0 Å². The predicted octanol–water partition coefficient (Wildman–Crippen LogP) is 4.88. The number of halogens is 2. The molecule has 0 saturated carbocycles. The Bertz CT molecular complexity index is 777. The fourth-order valence-electron chi connectivity index (χ4n) is 3.16. The van der Waals surface area contributed by atoms with Gasteiger partial charge in [-0.25, -0.2) is 4.39 Å². The van der Waals surface area contributed by atoms with Crippen LogP contribution in [0.5, 0.6) is 5.75 Å². The Labute approximate surface area is 171 Å². The van der Waals surface area contributed by atoms with Crippen molar-refractivity contribution in [2.75, 3.05) is 13.3 Å². The molecule has 0 saturated heterocycles. The summed E-state index contributed by atoms with van der Waals surface area (Å²) in [7, 11) is 1.70. The molecule has 0 atom stereocenters. The van der Waals surface area contributed by atoms with Gasteiger partial charge in [-0.1, -0.05) is 44.2 Å². The molecule has 0 aliphatic heterocycles. The van der Waals surface area contributed by atoms with E-state index in [9.17, 15) is 13.6 Å². The fourth-order valence-corrected chi connectivity index (χ4v) is 3.16. The monoisotopic (exact) mass is 407 g/mol. The van der Waals surface area contributed by atoms with Crippen LogP contribution in [0.2, 0.25) is 0 Å². The molecule has 2 aromatic rings. The first-order valence-electron chi connectivity index (χ1n) is 10.3. The predicted molar refractivity (Wildman–Crippen MR) is 109 cm³/mol. The lowest BCUT2D eigenvalue weighted by Gasteiger charge is -2.11. The number of rotatable bonds is 13. The van der Waals surface area contributed by atoms with Crippen LogP contribution in [0.25, 0.3) is 0 Å². The number of carbonyl (C=O) groups is 1. The third-order valence-electron chi connectivity index (χ3n) is 4.75. The van der Waals surface area contributed by atoms with E-state index >= 15 is 0 Å². The quantitative estimate of drug-likeness (QED) is 0.482. The lowest BCUT2D eigenvalue weighted by atomic mass is 10.1. The fraction of sp³-hybridized carbons (Fsp3) is 0.545. The van der Waals surface area contributed by atoms with Crippen LogP contribution in [0.15, 0.2) is 24.3 Å². The zero-order chi connectivity index (χ0) is 21.1. The molecule has 0 aliphatic rings. The number of hydrogen-bond donors (Lipinski definition) is 1. The molecule has 0 spiro atoms. The molecule has 0 aliphatic carbocycles. The molecule has 0 radical (unpaired) electrons. The largest absolute Gasteiger partial charge is 0.491 e. The number of aromatic nitrogens is 2. The number of nitrogens with zero attached hydrogens (tertiary/aromatic N) is 2. The van der Waals surface area contributed by atoms with E-state index in [1.807, 2.05) is 6.92 Å². The molecule has 160 valence electrons. The molecule has 0 unspecified atom stereocenters. The summed E-state index contributed by atoms with van der Waals surface area (Å²) in [5, 5.41) is 6.86. The molecule has 1 amide bonds. The first-order chi connectivity index (χ1) is 14.0. The van der Waals surface area contributed by atoms with E-state index < -0.39 is 5.82 Å². The van der Waals surface area contributed by atoms with Crippen molar-refractivity contribution in [2.45, 2.75) is 58.4 Å². The van der Waals surface area contributed by atoms with Crippen molar-refractivity contribution in [1.29, 1.82) is 0 Å². The van der Waals surface area contributed by atoms with E-state index in [4.69, 9.17) is 4.74 Å². The van der Waals surface area contributed by atoms with E-state index in [0.29, 0.717) is 24.3 Å². The minimum atomic E-state index is -0.444. The smallest absolute Gasteiger partial charge is 0.269 e. The number of alkyl halides is 1. The number of carbonyl (C=O) groups excluding carboxylic acids is 1. The Morgan fingerprint density at radius 1 is 1.14 bits per heavy atom. The number of nitrogens with one attached hydrogen (secondary N) is 1. The van der Waals surface area contributed by atoms with Gasteiger partial charge >= 0.3 is 0 Å². The summed E-state index contributed by atoms with van der Waals surface area (Å²) in [6, 6.07) is 6.64. The number of amides is 1. The van der Waals surface area contributed by atoms with Gasteiger partial charge in [0.25, 0.3) is 5.91 Å². The molecule has 5 nitrogen and oxygen atoms in total. The number of ether oxygens (including phenoxy) is 1. The maximum atomic E-state index is 14.6. The maximum absolute atomic E-state index is 14.6. The summed E-state index contributed by atoms with van der Waals surface area (Å²) in [5.74, 6) is -0.540. The number of aryl methyl sites for hydroxylation is 2. The summed E-state index contributed by atoms with van der Waals surface area (Å²) in [6.07, 6.45) is 6.70. The van der Waals surface area contributed by atoms with E-state index in [1.165, 1.54) is 4.68 Å². The second-order valence-electron chi connectivity index (χ2n) is 7.22. The first-order valence-corrected chi connectivity index (χ1v) is 10.3. The topological polar surface area (TPSA) is 56.1 Å². The molecule has 0 fully saturated rings. The van der Waals surface area contributed by atoms with Gasteiger partial charge in [-0.15, -0.1) is 0 Å². The third kappa shape index (κ3) is 7.48. The molecule has 1 heterocycles. The van der Waals surface area contributed by atoms with Gasteiger partial charge in [0.2, 0.25) is 0 Å². The molecule has 1 N–H and O–H groups in total. The summed E-state index contributed by atoms with van der Waals surface area (Å²) in [5.41, 5.74) is 1.56. The van der Waals surface area contributed by atoms with Crippen LogP contribution in [0.3, 0.4) is 0 Å². The maximum Gasteiger partial charge on any atom is 0.269 e. The zero-order valence-electron chi connectivity index (χ0n) is 17.3. The average Bonchev–Trinajstić information content (AvgIpc) is 3.04. The van der Waals surface area contributed by atoms with Crippen molar-refractivity contribution in [3.05, 3.63) is 47.0 Å². The van der Waals surface area contributed by atoms with Crippen LogP contribution in [-0.4, -0.2) is 29.0 Å². The lowest BCUT2D eigenvalue weighted by Crippen LogP contribution is -2.25. The van der Waals surface area contributed by atoms with Crippen LogP contribution in [0.4, 0.5) is 8.78 Å². The van der Waals surface area contributed by atoms with Gasteiger partial charge in [-0.05, 0) is 31.9 Å². The van der Waals surface area contributed by atoms with Gasteiger partial charge in [0.1, 0.15) is 5.69 Å². The highest BCUT2D eigenvalue weighted by molar-refractivity contribution is 5.92. The van der Waals surface area contributed by atoms with Crippen molar-refractivity contribution in [1.82, 2.24) is 15.1 Å². The van der Waals surface area contributed by atoms with Gasteiger partial charge in [0.15, 0.2) is 11.6 Å². The van der Waals surface area contributed by atoms with Gasteiger partial charge < -0.3 is 10.1 Å². The summed E-state index contributed by atoms with van der Waals surface area (Å²) >= 11 is 0. The van der Waals surface area contributed by atoms with E-state index in [0.717, 1.165) is 44.2 Å².